The smallest absolute Gasteiger partial charge is 0.374 e. The van der Waals surface area contributed by atoms with Crippen molar-refractivity contribution < 1.29 is 13.3 Å². The number of hydrogen-bond acceptors (Lipinski definition) is 5. The third-order valence-corrected chi connectivity index (χ3v) is 6.95. The van der Waals surface area contributed by atoms with E-state index in [1.54, 1.807) is 0 Å². The molecule has 0 heterocycles. The van der Waals surface area contributed by atoms with Crippen molar-refractivity contribution in [1.29, 1.82) is 0 Å². The van der Waals surface area contributed by atoms with E-state index in [1.807, 2.05) is 20.8 Å². The van der Waals surface area contributed by atoms with Crippen molar-refractivity contribution in [3.8, 4) is 0 Å². The molecule has 0 aliphatic carbocycles. The van der Waals surface area contributed by atoms with E-state index in [9.17, 15) is 0 Å². The highest BCUT2D eigenvalue weighted by Crippen LogP contribution is 2.18. The number of rotatable bonds is 15. The van der Waals surface area contributed by atoms with Crippen LogP contribution in [0.25, 0.3) is 0 Å². The van der Waals surface area contributed by atoms with E-state index in [0.717, 1.165) is 45.1 Å². The van der Waals surface area contributed by atoms with Gasteiger partial charge in [-0.15, -0.1) is 0 Å². The van der Waals surface area contributed by atoms with E-state index in [2.05, 4.69) is 25.7 Å². The minimum absolute atomic E-state index is 0.637. The average Bonchev–Trinajstić information content (AvgIpc) is 2.53. The van der Waals surface area contributed by atoms with Gasteiger partial charge < -0.3 is 18.2 Å². The van der Waals surface area contributed by atoms with Crippen LogP contribution in [0.15, 0.2) is 4.99 Å². The quantitative estimate of drug-likeness (QED) is 0.258. The van der Waals surface area contributed by atoms with E-state index in [0.29, 0.717) is 19.8 Å². The Morgan fingerprint density at radius 2 is 1.43 bits per heavy atom. The first kappa shape index (κ1) is 22.7. The Bertz CT molecular complexity index is 293. The number of nitrogens with zero attached hydrogens (tertiary/aromatic N) is 2. The lowest BCUT2D eigenvalue weighted by atomic mass is 10.2. The summed E-state index contributed by atoms with van der Waals surface area (Å²) in [6.45, 7) is 18.6. The Morgan fingerprint density at radius 1 is 0.913 bits per heavy atom. The first-order valence-electron chi connectivity index (χ1n) is 9.21. The van der Waals surface area contributed by atoms with Gasteiger partial charge in [-0.25, -0.2) is 0 Å². The van der Waals surface area contributed by atoms with Gasteiger partial charge in [0.15, 0.2) is 0 Å². The normalized spacial score (nSPS) is 13.1. The summed E-state index contributed by atoms with van der Waals surface area (Å²) in [5.41, 5.74) is 1.23. The van der Waals surface area contributed by atoms with E-state index in [-0.39, 0.29) is 0 Å². The predicted molar refractivity (Wildman–Crippen MR) is 100 cm³/mol. The van der Waals surface area contributed by atoms with Crippen LogP contribution in [0.4, 0.5) is 0 Å². The molecule has 23 heavy (non-hydrogen) atoms. The molecule has 0 aromatic rings. The fourth-order valence-corrected chi connectivity index (χ4v) is 5.10. The van der Waals surface area contributed by atoms with Crippen molar-refractivity contribution in [3.05, 3.63) is 0 Å². The van der Waals surface area contributed by atoms with Crippen LogP contribution in [0.1, 0.15) is 54.4 Å². The zero-order valence-electron chi connectivity index (χ0n) is 16.2. The van der Waals surface area contributed by atoms with Gasteiger partial charge in [0.05, 0.1) is 0 Å². The molecule has 0 spiro atoms. The summed E-state index contributed by atoms with van der Waals surface area (Å²) in [5, 5.41) is 0. The van der Waals surface area contributed by atoms with Gasteiger partial charge in [-0.05, 0) is 53.6 Å². The molecule has 0 aromatic heterocycles. The molecular weight excluding hydrogens is 308 g/mol. The van der Waals surface area contributed by atoms with Gasteiger partial charge in [-0.1, -0.05) is 13.8 Å². The highest BCUT2D eigenvalue weighted by atomic mass is 28.4. The van der Waals surface area contributed by atoms with Crippen LogP contribution < -0.4 is 0 Å². The van der Waals surface area contributed by atoms with Gasteiger partial charge in [0.1, 0.15) is 0 Å². The minimum Gasteiger partial charge on any atom is -0.374 e. The molecule has 0 unspecified atom stereocenters. The second-order valence-corrected chi connectivity index (χ2v) is 8.21. The summed E-state index contributed by atoms with van der Waals surface area (Å²) in [4.78, 5) is 7.12. The molecular formula is C17H38N2O3Si. The van der Waals surface area contributed by atoms with E-state index < -0.39 is 8.80 Å². The van der Waals surface area contributed by atoms with Gasteiger partial charge in [-0.2, -0.15) is 0 Å². The Kier molecular flexibility index (Phi) is 13.9. The van der Waals surface area contributed by atoms with E-state index in [1.165, 1.54) is 5.71 Å². The standard InChI is InChI=1S/C17H38N2O3Si/c1-7-19(8-2)15-13-17(6)18-14-12-16-23(20-9-3,21-10-4)22-11-5/h7-16H2,1-6H3. The van der Waals surface area contributed by atoms with Gasteiger partial charge >= 0.3 is 8.80 Å². The van der Waals surface area contributed by atoms with Crippen LogP contribution in [0.2, 0.25) is 6.04 Å². The molecule has 0 aliphatic rings. The molecule has 0 bridgehead atoms. The summed E-state index contributed by atoms with van der Waals surface area (Å²) in [6, 6.07) is 0.843. The molecule has 6 heteroatoms. The second-order valence-electron chi connectivity index (χ2n) is 5.48. The number of aliphatic imine (C=N–C) groups is 1. The fraction of sp³-hybridized carbons (Fsp3) is 0.941. The summed E-state index contributed by atoms with van der Waals surface area (Å²) >= 11 is 0. The lowest BCUT2D eigenvalue weighted by Gasteiger charge is -2.28. The molecule has 0 radical (unpaired) electrons. The van der Waals surface area contributed by atoms with Gasteiger partial charge in [0, 0.05) is 44.7 Å². The molecule has 0 saturated carbocycles. The van der Waals surface area contributed by atoms with Crippen molar-refractivity contribution in [1.82, 2.24) is 4.90 Å². The molecule has 0 rings (SSSR count). The van der Waals surface area contributed by atoms with Crippen LogP contribution in [0.5, 0.6) is 0 Å². The topological polar surface area (TPSA) is 43.3 Å². The summed E-state index contributed by atoms with van der Waals surface area (Å²) in [6.07, 6.45) is 2.00. The lowest BCUT2D eigenvalue weighted by Crippen LogP contribution is -2.46. The molecule has 138 valence electrons. The summed E-state index contributed by atoms with van der Waals surface area (Å²) in [7, 11) is -2.49. The van der Waals surface area contributed by atoms with Crippen LogP contribution in [0.3, 0.4) is 0 Å². The van der Waals surface area contributed by atoms with Crippen molar-refractivity contribution in [2.24, 2.45) is 4.99 Å². The minimum atomic E-state index is -2.49. The van der Waals surface area contributed by atoms with Crippen molar-refractivity contribution >= 4 is 14.5 Å². The first-order chi connectivity index (χ1) is 11.1. The van der Waals surface area contributed by atoms with Crippen LogP contribution >= 0.6 is 0 Å². The lowest BCUT2D eigenvalue weighted by molar-refractivity contribution is 0.0710. The fourth-order valence-electron chi connectivity index (χ4n) is 2.51. The zero-order chi connectivity index (χ0) is 17.6. The summed E-state index contributed by atoms with van der Waals surface area (Å²) in [5.74, 6) is 0. The maximum Gasteiger partial charge on any atom is 0.500 e. The van der Waals surface area contributed by atoms with Crippen molar-refractivity contribution in [2.75, 3.05) is 46.0 Å². The molecule has 0 aromatic carbocycles. The Morgan fingerprint density at radius 3 is 1.87 bits per heavy atom. The molecule has 5 nitrogen and oxygen atoms in total. The summed E-state index contributed by atoms with van der Waals surface area (Å²) < 4.78 is 17.6. The number of hydrogen-bond donors (Lipinski definition) is 0. The molecule has 0 aliphatic heterocycles. The van der Waals surface area contributed by atoms with Crippen molar-refractivity contribution in [3.63, 3.8) is 0 Å². The highest BCUT2D eigenvalue weighted by molar-refractivity contribution is 6.60. The molecule has 0 atom stereocenters. The predicted octanol–water partition coefficient (Wildman–Crippen LogP) is 3.62. The maximum absolute atomic E-state index is 5.86. The maximum atomic E-state index is 5.86. The Labute approximate surface area is 144 Å². The van der Waals surface area contributed by atoms with Gasteiger partial charge in [0.25, 0.3) is 0 Å². The van der Waals surface area contributed by atoms with Crippen LogP contribution in [0, 0.1) is 0 Å². The third-order valence-electron chi connectivity index (χ3n) is 3.80. The van der Waals surface area contributed by atoms with Gasteiger partial charge in [0.2, 0.25) is 0 Å². The molecule has 0 fully saturated rings. The monoisotopic (exact) mass is 346 g/mol. The third kappa shape index (κ3) is 10.2. The SMILES string of the molecule is CCO[Si](CCCN=C(C)CCN(CC)CC)(OCC)OCC. The highest BCUT2D eigenvalue weighted by Gasteiger charge is 2.39. The van der Waals surface area contributed by atoms with Gasteiger partial charge in [-0.3, -0.25) is 4.99 Å². The average molecular weight is 347 g/mol. The van der Waals surface area contributed by atoms with E-state index >= 15 is 0 Å². The second kappa shape index (κ2) is 14.1. The van der Waals surface area contributed by atoms with E-state index in [4.69, 9.17) is 18.3 Å². The zero-order valence-corrected chi connectivity index (χ0v) is 17.2. The molecule has 0 saturated heterocycles. The Hall–Kier alpha value is -0.273. The molecule has 0 N–H and O–H groups in total. The van der Waals surface area contributed by atoms with Crippen molar-refractivity contribution in [2.45, 2.75) is 60.4 Å². The van der Waals surface area contributed by atoms with Crippen LogP contribution in [-0.4, -0.2) is 65.4 Å². The van der Waals surface area contributed by atoms with Crippen LogP contribution in [-0.2, 0) is 13.3 Å². The first-order valence-corrected chi connectivity index (χ1v) is 11.1. The molecule has 0 amide bonds. The largest absolute Gasteiger partial charge is 0.500 e. The Balaban J connectivity index is 4.28.